The average Bonchev–Trinajstić information content (AvgIpc) is 2.89. The molecule has 1 aliphatic rings. The molecule has 0 radical (unpaired) electrons. The van der Waals surface area contributed by atoms with Crippen LogP contribution in [0.5, 0.6) is 0 Å². The molecule has 1 heterocycles. The van der Waals surface area contributed by atoms with Crippen LogP contribution >= 0.6 is 0 Å². The third-order valence-corrected chi connectivity index (χ3v) is 4.61. The van der Waals surface area contributed by atoms with E-state index in [4.69, 9.17) is 5.11 Å². The molecule has 1 fully saturated rings. The minimum absolute atomic E-state index is 0.0274. The number of benzene rings is 1. The SMILES string of the molecule is C[C@@H]1C[C@H](C(=O)O)CC[C@H]1n1cc2ccc(C(F)F)cc2n1. The number of halogens is 2. The van der Waals surface area contributed by atoms with Gasteiger partial charge in [0.05, 0.1) is 17.5 Å². The summed E-state index contributed by atoms with van der Waals surface area (Å²) in [6.45, 7) is 2.02. The van der Waals surface area contributed by atoms with Crippen molar-refractivity contribution in [1.29, 1.82) is 0 Å². The predicted molar refractivity (Wildman–Crippen MR) is 77.9 cm³/mol. The fourth-order valence-electron chi connectivity index (χ4n) is 3.36. The molecule has 0 aliphatic heterocycles. The average molecular weight is 308 g/mol. The molecule has 0 unspecified atom stereocenters. The van der Waals surface area contributed by atoms with Gasteiger partial charge in [0.2, 0.25) is 0 Å². The van der Waals surface area contributed by atoms with Crippen molar-refractivity contribution >= 4 is 16.9 Å². The van der Waals surface area contributed by atoms with E-state index < -0.39 is 12.4 Å². The van der Waals surface area contributed by atoms with Crippen LogP contribution in [-0.4, -0.2) is 20.9 Å². The highest BCUT2D eigenvalue weighted by molar-refractivity contribution is 5.78. The summed E-state index contributed by atoms with van der Waals surface area (Å²) >= 11 is 0. The van der Waals surface area contributed by atoms with E-state index in [-0.39, 0.29) is 23.4 Å². The van der Waals surface area contributed by atoms with Gasteiger partial charge in [-0.15, -0.1) is 0 Å². The standard InChI is InChI=1S/C16H18F2N2O2/c1-9-6-11(16(21)22)4-5-14(9)20-8-12-3-2-10(15(17)18)7-13(12)19-20/h2-3,7-9,11,14-15H,4-6H2,1H3,(H,21,22)/t9-,11-,14-/m1/s1. The molecular formula is C16H18F2N2O2. The highest BCUT2D eigenvalue weighted by atomic mass is 19.3. The summed E-state index contributed by atoms with van der Waals surface area (Å²) in [6, 6.07) is 4.62. The third kappa shape index (κ3) is 2.69. The Hall–Kier alpha value is -1.98. The highest BCUT2D eigenvalue weighted by Gasteiger charge is 2.32. The molecule has 1 N–H and O–H groups in total. The summed E-state index contributed by atoms with van der Waals surface area (Å²) in [4.78, 5) is 11.1. The number of carbonyl (C=O) groups is 1. The largest absolute Gasteiger partial charge is 0.481 e. The second kappa shape index (κ2) is 5.66. The van der Waals surface area contributed by atoms with Crippen molar-refractivity contribution in [2.45, 2.75) is 38.7 Å². The molecule has 22 heavy (non-hydrogen) atoms. The minimum atomic E-state index is -2.50. The monoisotopic (exact) mass is 308 g/mol. The van der Waals surface area contributed by atoms with Crippen LogP contribution in [0.25, 0.3) is 10.9 Å². The smallest absolute Gasteiger partial charge is 0.306 e. The first-order valence-corrected chi connectivity index (χ1v) is 7.45. The number of nitrogens with zero attached hydrogens (tertiary/aromatic N) is 2. The van der Waals surface area contributed by atoms with E-state index in [1.807, 2.05) is 17.8 Å². The maximum Gasteiger partial charge on any atom is 0.306 e. The topological polar surface area (TPSA) is 55.1 Å². The van der Waals surface area contributed by atoms with E-state index in [1.165, 1.54) is 12.1 Å². The van der Waals surface area contributed by atoms with Crippen molar-refractivity contribution in [3.63, 3.8) is 0 Å². The predicted octanol–water partition coefficient (Wildman–Crippen LogP) is 4.04. The Labute approximate surface area is 126 Å². The quantitative estimate of drug-likeness (QED) is 0.931. The first kappa shape index (κ1) is 14.9. The first-order chi connectivity index (χ1) is 10.5. The van der Waals surface area contributed by atoms with Gasteiger partial charge in [-0.1, -0.05) is 19.1 Å². The number of alkyl halides is 2. The molecule has 0 bridgehead atoms. The second-order valence-corrected chi connectivity index (χ2v) is 6.12. The Balaban J connectivity index is 1.86. The second-order valence-electron chi connectivity index (χ2n) is 6.12. The molecule has 3 atom stereocenters. The highest BCUT2D eigenvalue weighted by Crippen LogP contribution is 2.37. The lowest BCUT2D eigenvalue weighted by Gasteiger charge is -2.32. The summed E-state index contributed by atoms with van der Waals surface area (Å²) in [7, 11) is 0. The Bertz CT molecular complexity index is 699. The van der Waals surface area contributed by atoms with Crippen LogP contribution in [0.15, 0.2) is 24.4 Å². The van der Waals surface area contributed by atoms with Crippen LogP contribution in [0.1, 0.15) is 44.2 Å². The summed E-state index contributed by atoms with van der Waals surface area (Å²) in [5, 5.41) is 14.4. The number of aliphatic carboxylic acids is 1. The van der Waals surface area contributed by atoms with Crippen LogP contribution in [0, 0.1) is 11.8 Å². The Kier molecular flexibility index (Phi) is 3.85. The van der Waals surface area contributed by atoms with E-state index in [2.05, 4.69) is 5.10 Å². The van der Waals surface area contributed by atoms with Gasteiger partial charge in [0.25, 0.3) is 6.43 Å². The van der Waals surface area contributed by atoms with E-state index in [0.717, 1.165) is 11.8 Å². The van der Waals surface area contributed by atoms with Crippen molar-refractivity contribution in [1.82, 2.24) is 9.78 Å². The fraction of sp³-hybridized carbons (Fsp3) is 0.500. The summed E-state index contributed by atoms with van der Waals surface area (Å²) in [5.41, 5.74) is 0.533. The van der Waals surface area contributed by atoms with Gasteiger partial charge >= 0.3 is 5.97 Å². The van der Waals surface area contributed by atoms with Crippen LogP contribution in [0.2, 0.25) is 0 Å². The van der Waals surface area contributed by atoms with E-state index in [1.54, 1.807) is 6.07 Å². The van der Waals surface area contributed by atoms with E-state index >= 15 is 0 Å². The van der Waals surface area contributed by atoms with Gasteiger partial charge < -0.3 is 5.11 Å². The number of fused-ring (bicyclic) bond motifs is 1. The minimum Gasteiger partial charge on any atom is -0.481 e. The lowest BCUT2D eigenvalue weighted by atomic mass is 9.79. The van der Waals surface area contributed by atoms with Crippen molar-refractivity contribution < 1.29 is 18.7 Å². The van der Waals surface area contributed by atoms with Crippen LogP contribution < -0.4 is 0 Å². The molecular weight excluding hydrogens is 290 g/mol. The molecule has 1 aromatic heterocycles. The first-order valence-electron chi connectivity index (χ1n) is 7.45. The Morgan fingerprint density at radius 2 is 2.18 bits per heavy atom. The maximum absolute atomic E-state index is 12.7. The maximum atomic E-state index is 12.7. The molecule has 0 spiro atoms. The molecule has 6 heteroatoms. The summed E-state index contributed by atoms with van der Waals surface area (Å²) in [6.07, 6.45) is 1.36. The number of hydrogen-bond donors (Lipinski definition) is 1. The Morgan fingerprint density at radius 3 is 2.82 bits per heavy atom. The summed E-state index contributed by atoms with van der Waals surface area (Å²) in [5.74, 6) is -0.835. The van der Waals surface area contributed by atoms with Crippen molar-refractivity contribution in [3.05, 3.63) is 30.0 Å². The molecule has 1 aliphatic carbocycles. The van der Waals surface area contributed by atoms with E-state index in [0.29, 0.717) is 18.4 Å². The molecule has 1 saturated carbocycles. The molecule has 3 rings (SSSR count). The zero-order valence-electron chi connectivity index (χ0n) is 12.2. The third-order valence-electron chi connectivity index (χ3n) is 4.61. The lowest BCUT2D eigenvalue weighted by molar-refractivity contribution is -0.143. The lowest BCUT2D eigenvalue weighted by Crippen LogP contribution is -2.29. The van der Waals surface area contributed by atoms with Gasteiger partial charge in [-0.2, -0.15) is 5.10 Å². The molecule has 0 amide bonds. The fourth-order valence-corrected chi connectivity index (χ4v) is 3.36. The normalized spacial score (nSPS) is 25.7. The van der Waals surface area contributed by atoms with Crippen LogP contribution in [-0.2, 0) is 4.79 Å². The van der Waals surface area contributed by atoms with Gasteiger partial charge in [0.15, 0.2) is 0 Å². The van der Waals surface area contributed by atoms with Gasteiger partial charge in [-0.05, 0) is 31.2 Å². The number of hydrogen-bond acceptors (Lipinski definition) is 2. The number of rotatable bonds is 3. The number of aromatic nitrogens is 2. The molecule has 0 saturated heterocycles. The van der Waals surface area contributed by atoms with E-state index in [9.17, 15) is 13.6 Å². The zero-order chi connectivity index (χ0) is 15.9. The zero-order valence-corrected chi connectivity index (χ0v) is 12.2. The van der Waals surface area contributed by atoms with Crippen molar-refractivity contribution in [2.24, 2.45) is 11.8 Å². The molecule has 4 nitrogen and oxygen atoms in total. The molecule has 118 valence electrons. The van der Waals surface area contributed by atoms with Gasteiger partial charge in [-0.3, -0.25) is 9.48 Å². The molecule has 1 aromatic carbocycles. The van der Waals surface area contributed by atoms with Gasteiger partial charge in [-0.25, -0.2) is 8.78 Å². The summed E-state index contributed by atoms with van der Waals surface area (Å²) < 4.78 is 27.3. The van der Waals surface area contributed by atoms with Gasteiger partial charge in [0.1, 0.15) is 0 Å². The van der Waals surface area contributed by atoms with Crippen molar-refractivity contribution in [2.75, 3.05) is 0 Å². The molecule has 2 aromatic rings. The number of carboxylic acids is 1. The Morgan fingerprint density at radius 1 is 1.41 bits per heavy atom. The number of carboxylic acid groups (broad SMARTS) is 1. The van der Waals surface area contributed by atoms with Crippen LogP contribution in [0.4, 0.5) is 8.78 Å². The van der Waals surface area contributed by atoms with Crippen molar-refractivity contribution in [3.8, 4) is 0 Å². The van der Waals surface area contributed by atoms with Gasteiger partial charge in [0, 0.05) is 17.1 Å². The van der Waals surface area contributed by atoms with Crippen LogP contribution in [0.3, 0.4) is 0 Å².